The molecule has 0 spiro atoms. The number of aromatic carboxylic acids is 1. The van der Waals surface area contributed by atoms with Gasteiger partial charge in [-0.15, -0.1) is 0 Å². The summed E-state index contributed by atoms with van der Waals surface area (Å²) in [6.07, 6.45) is 3.24. The second-order valence-electron chi connectivity index (χ2n) is 5.76. The van der Waals surface area contributed by atoms with E-state index in [1.807, 2.05) is 27.7 Å². The van der Waals surface area contributed by atoms with Gasteiger partial charge in [0.2, 0.25) is 0 Å². The summed E-state index contributed by atoms with van der Waals surface area (Å²) in [7, 11) is -0.443. The lowest BCUT2D eigenvalue weighted by atomic mass is 9.89. The van der Waals surface area contributed by atoms with Gasteiger partial charge >= 0.3 is 13.1 Å². The molecule has 1 aliphatic heterocycles. The lowest BCUT2D eigenvalue weighted by molar-refractivity contribution is 0.00578. The predicted molar refractivity (Wildman–Crippen MR) is 76.3 cm³/mol. The highest BCUT2D eigenvalue weighted by Gasteiger charge is 2.49. The number of rotatable bonds is 3. The molecule has 106 valence electrons. The molecule has 6 heteroatoms. The molecule has 0 aromatic carbocycles. The van der Waals surface area contributed by atoms with E-state index in [1.165, 1.54) is 12.3 Å². The third-order valence-corrected chi connectivity index (χ3v) is 3.72. The van der Waals surface area contributed by atoms with Gasteiger partial charge in [-0.25, -0.2) is 9.78 Å². The summed E-state index contributed by atoms with van der Waals surface area (Å²) in [6, 6.07) is 3.23. The van der Waals surface area contributed by atoms with Crippen molar-refractivity contribution in [1.29, 1.82) is 0 Å². The number of carboxylic acids is 1. The van der Waals surface area contributed by atoms with E-state index in [2.05, 4.69) is 4.98 Å². The Kier molecular flexibility index (Phi) is 3.71. The van der Waals surface area contributed by atoms with Crippen LogP contribution in [0.25, 0.3) is 6.08 Å². The molecule has 0 aliphatic carbocycles. The first-order valence-electron chi connectivity index (χ1n) is 6.44. The Labute approximate surface area is 118 Å². The first kappa shape index (κ1) is 14.7. The van der Waals surface area contributed by atoms with Crippen molar-refractivity contribution in [3.05, 3.63) is 35.6 Å². The SMILES string of the molecule is CC1(C)OB(/C=C/c2ccnc(C(=O)O)c2)OC1(C)C. The molecule has 1 saturated heterocycles. The van der Waals surface area contributed by atoms with E-state index in [0.29, 0.717) is 0 Å². The van der Waals surface area contributed by atoms with Gasteiger partial charge in [0.05, 0.1) is 11.2 Å². The van der Waals surface area contributed by atoms with Crippen molar-refractivity contribution in [2.24, 2.45) is 0 Å². The van der Waals surface area contributed by atoms with Gasteiger partial charge in [-0.3, -0.25) is 0 Å². The lowest BCUT2D eigenvalue weighted by Gasteiger charge is -2.32. The van der Waals surface area contributed by atoms with Crippen LogP contribution in [0.15, 0.2) is 24.3 Å². The molecule has 20 heavy (non-hydrogen) atoms. The highest BCUT2D eigenvalue weighted by molar-refractivity contribution is 6.52. The average molecular weight is 275 g/mol. The zero-order chi connectivity index (χ0) is 15.0. The fourth-order valence-corrected chi connectivity index (χ4v) is 1.82. The van der Waals surface area contributed by atoms with Crippen LogP contribution in [0.1, 0.15) is 43.7 Å². The first-order chi connectivity index (χ1) is 9.21. The molecule has 0 unspecified atom stereocenters. The van der Waals surface area contributed by atoms with E-state index in [9.17, 15) is 4.79 Å². The van der Waals surface area contributed by atoms with Crippen LogP contribution >= 0.6 is 0 Å². The molecule has 1 aliphatic rings. The van der Waals surface area contributed by atoms with Crippen LogP contribution in [0, 0.1) is 0 Å². The van der Waals surface area contributed by atoms with Gasteiger partial charge < -0.3 is 14.4 Å². The van der Waals surface area contributed by atoms with E-state index in [0.717, 1.165) is 5.56 Å². The first-order valence-corrected chi connectivity index (χ1v) is 6.44. The fourth-order valence-electron chi connectivity index (χ4n) is 1.82. The number of carboxylic acid groups (broad SMARTS) is 1. The van der Waals surface area contributed by atoms with Gasteiger partial charge in [-0.2, -0.15) is 0 Å². The van der Waals surface area contributed by atoms with E-state index in [4.69, 9.17) is 14.4 Å². The second-order valence-corrected chi connectivity index (χ2v) is 5.76. The van der Waals surface area contributed by atoms with Crippen LogP contribution in [-0.2, 0) is 9.31 Å². The van der Waals surface area contributed by atoms with Crippen molar-refractivity contribution in [1.82, 2.24) is 4.98 Å². The van der Waals surface area contributed by atoms with Crippen molar-refractivity contribution in [3.63, 3.8) is 0 Å². The molecular weight excluding hydrogens is 257 g/mol. The van der Waals surface area contributed by atoms with Gasteiger partial charge in [0.1, 0.15) is 5.69 Å². The number of nitrogens with zero attached hydrogens (tertiary/aromatic N) is 1. The number of aromatic nitrogens is 1. The highest BCUT2D eigenvalue weighted by atomic mass is 16.7. The smallest absolute Gasteiger partial charge is 0.477 e. The monoisotopic (exact) mass is 275 g/mol. The topological polar surface area (TPSA) is 68.7 Å². The quantitative estimate of drug-likeness (QED) is 0.858. The number of carbonyl (C=O) groups is 1. The Balaban J connectivity index is 2.12. The van der Waals surface area contributed by atoms with Gasteiger partial charge in [-0.1, -0.05) is 12.1 Å². The minimum Gasteiger partial charge on any atom is -0.477 e. The molecule has 1 N–H and O–H groups in total. The largest absolute Gasteiger partial charge is 0.487 e. The van der Waals surface area contributed by atoms with Gasteiger partial charge in [0, 0.05) is 6.20 Å². The summed E-state index contributed by atoms with van der Waals surface area (Å²) < 4.78 is 11.6. The maximum absolute atomic E-state index is 10.8. The Hall–Kier alpha value is -1.66. The molecule has 0 amide bonds. The molecule has 0 saturated carbocycles. The van der Waals surface area contributed by atoms with Crippen molar-refractivity contribution >= 4 is 19.2 Å². The van der Waals surface area contributed by atoms with Crippen LogP contribution in [-0.4, -0.2) is 34.4 Å². The normalized spacial score (nSPS) is 20.5. The maximum Gasteiger partial charge on any atom is 0.487 e. The number of hydrogen-bond acceptors (Lipinski definition) is 4. The second kappa shape index (κ2) is 5.03. The molecule has 1 aromatic rings. The molecule has 1 aromatic heterocycles. The fraction of sp³-hybridized carbons (Fsp3) is 0.429. The van der Waals surface area contributed by atoms with Gasteiger partial charge in [-0.05, 0) is 45.4 Å². The lowest BCUT2D eigenvalue weighted by Crippen LogP contribution is -2.41. The zero-order valence-corrected chi connectivity index (χ0v) is 12.1. The number of pyridine rings is 1. The molecule has 0 radical (unpaired) electrons. The number of hydrogen-bond donors (Lipinski definition) is 1. The summed E-state index contributed by atoms with van der Waals surface area (Å²) in [5.41, 5.74) is -0.00736. The van der Waals surface area contributed by atoms with E-state index >= 15 is 0 Å². The van der Waals surface area contributed by atoms with Crippen LogP contribution in [0.5, 0.6) is 0 Å². The Bertz CT molecular complexity index is 538. The molecule has 0 atom stereocenters. The van der Waals surface area contributed by atoms with Crippen LogP contribution in [0.4, 0.5) is 0 Å². The van der Waals surface area contributed by atoms with Crippen LogP contribution < -0.4 is 0 Å². The standard InChI is InChI=1S/C14H18BNO4/c1-13(2)14(3,4)20-15(19-13)7-5-10-6-8-16-11(9-10)12(17)18/h5-9H,1-4H3,(H,17,18)/b7-5+. The summed E-state index contributed by atoms with van der Waals surface area (Å²) in [5.74, 6) is 0.730. The van der Waals surface area contributed by atoms with Gasteiger partial charge in [0.15, 0.2) is 0 Å². The third kappa shape index (κ3) is 2.91. The predicted octanol–water partition coefficient (Wildman–Crippen LogP) is 2.42. The summed E-state index contributed by atoms with van der Waals surface area (Å²) in [6.45, 7) is 7.93. The minimum atomic E-state index is -1.05. The summed E-state index contributed by atoms with van der Waals surface area (Å²) >= 11 is 0. The highest BCUT2D eigenvalue weighted by Crippen LogP contribution is 2.36. The van der Waals surface area contributed by atoms with E-state index in [1.54, 1.807) is 18.1 Å². The Morgan fingerprint density at radius 1 is 1.30 bits per heavy atom. The van der Waals surface area contributed by atoms with E-state index in [-0.39, 0.29) is 16.9 Å². The average Bonchev–Trinajstić information content (AvgIpc) is 2.56. The van der Waals surface area contributed by atoms with Gasteiger partial charge in [0.25, 0.3) is 0 Å². The van der Waals surface area contributed by atoms with Crippen molar-refractivity contribution in [3.8, 4) is 0 Å². The van der Waals surface area contributed by atoms with Crippen LogP contribution in [0.2, 0.25) is 0 Å². The van der Waals surface area contributed by atoms with Crippen molar-refractivity contribution in [2.75, 3.05) is 0 Å². The third-order valence-electron chi connectivity index (χ3n) is 3.72. The molecule has 1 fully saturated rings. The summed E-state index contributed by atoms with van der Waals surface area (Å²) in [4.78, 5) is 14.6. The molecule has 5 nitrogen and oxygen atoms in total. The molecule has 0 bridgehead atoms. The van der Waals surface area contributed by atoms with Crippen molar-refractivity contribution in [2.45, 2.75) is 38.9 Å². The Morgan fingerprint density at radius 3 is 2.45 bits per heavy atom. The maximum atomic E-state index is 10.8. The van der Waals surface area contributed by atoms with Crippen molar-refractivity contribution < 1.29 is 19.2 Å². The zero-order valence-electron chi connectivity index (χ0n) is 12.1. The summed E-state index contributed by atoms with van der Waals surface area (Å²) in [5, 5.41) is 8.89. The minimum absolute atomic E-state index is 0.0149. The molecule has 2 heterocycles. The Morgan fingerprint density at radius 2 is 1.90 bits per heavy atom. The van der Waals surface area contributed by atoms with Crippen LogP contribution in [0.3, 0.4) is 0 Å². The molecule has 2 rings (SSSR count). The van der Waals surface area contributed by atoms with E-state index < -0.39 is 13.1 Å². The molecular formula is C14H18BNO4.